The molecule has 0 radical (unpaired) electrons. The molecule has 1 aromatic rings. The van der Waals surface area contributed by atoms with Crippen LogP contribution < -0.4 is 15.4 Å². The summed E-state index contributed by atoms with van der Waals surface area (Å²) in [5, 5.41) is 6.71. The first-order valence-electron chi connectivity index (χ1n) is 10.6. The fourth-order valence-electron chi connectivity index (χ4n) is 5.21. The highest BCUT2D eigenvalue weighted by molar-refractivity contribution is 5.74. The van der Waals surface area contributed by atoms with Crippen molar-refractivity contribution in [2.45, 2.75) is 44.4 Å². The SMILES string of the molecule is COc1ccc2c(c1)CCCC2CNC(=O)N1CCCC(C2CCNC2)C1. The number of amides is 2. The molecular weight excluding hydrogens is 338 g/mol. The zero-order valence-electron chi connectivity index (χ0n) is 16.5. The van der Waals surface area contributed by atoms with Crippen LogP contribution in [0.4, 0.5) is 4.79 Å². The number of piperidine rings is 1. The van der Waals surface area contributed by atoms with E-state index in [2.05, 4.69) is 27.7 Å². The van der Waals surface area contributed by atoms with E-state index >= 15 is 0 Å². The molecule has 2 heterocycles. The Morgan fingerprint density at radius 2 is 2.19 bits per heavy atom. The normalized spacial score (nSPS) is 27.9. The summed E-state index contributed by atoms with van der Waals surface area (Å²) in [7, 11) is 1.72. The number of carbonyl (C=O) groups excluding carboxylic acids is 1. The lowest BCUT2D eigenvalue weighted by molar-refractivity contribution is 0.144. The number of methoxy groups -OCH3 is 1. The number of nitrogens with one attached hydrogen (secondary N) is 2. The highest BCUT2D eigenvalue weighted by Gasteiger charge is 2.31. The number of carbonyl (C=O) groups is 1. The van der Waals surface area contributed by atoms with Crippen LogP contribution in [0.5, 0.6) is 5.75 Å². The summed E-state index contributed by atoms with van der Waals surface area (Å²) in [6.45, 7) is 4.84. The van der Waals surface area contributed by atoms with E-state index in [1.54, 1.807) is 7.11 Å². The van der Waals surface area contributed by atoms with Gasteiger partial charge in [0, 0.05) is 25.6 Å². The van der Waals surface area contributed by atoms with E-state index in [4.69, 9.17) is 4.74 Å². The van der Waals surface area contributed by atoms with Gasteiger partial charge in [0.15, 0.2) is 0 Å². The van der Waals surface area contributed by atoms with E-state index in [0.29, 0.717) is 11.8 Å². The molecule has 2 saturated heterocycles. The van der Waals surface area contributed by atoms with Gasteiger partial charge in [0.1, 0.15) is 5.75 Å². The van der Waals surface area contributed by atoms with Crippen LogP contribution in [0.2, 0.25) is 0 Å². The Kier molecular flexibility index (Phi) is 5.86. The highest BCUT2D eigenvalue weighted by Crippen LogP contribution is 2.33. The van der Waals surface area contributed by atoms with Gasteiger partial charge in [-0.05, 0) is 86.7 Å². The van der Waals surface area contributed by atoms with Gasteiger partial charge in [-0.3, -0.25) is 0 Å². The van der Waals surface area contributed by atoms with E-state index < -0.39 is 0 Å². The van der Waals surface area contributed by atoms with Gasteiger partial charge in [-0.1, -0.05) is 6.07 Å². The second-order valence-electron chi connectivity index (χ2n) is 8.44. The molecule has 5 nitrogen and oxygen atoms in total. The van der Waals surface area contributed by atoms with Crippen molar-refractivity contribution in [3.05, 3.63) is 29.3 Å². The number of likely N-dealkylation sites (tertiary alicyclic amines) is 1. The van der Waals surface area contributed by atoms with Gasteiger partial charge in [-0.2, -0.15) is 0 Å². The number of hydrogen-bond acceptors (Lipinski definition) is 3. The van der Waals surface area contributed by atoms with Crippen molar-refractivity contribution in [3.8, 4) is 5.75 Å². The molecule has 0 aromatic heterocycles. The minimum absolute atomic E-state index is 0.131. The van der Waals surface area contributed by atoms with Crippen molar-refractivity contribution >= 4 is 6.03 Å². The van der Waals surface area contributed by atoms with Gasteiger partial charge in [0.05, 0.1) is 7.11 Å². The third kappa shape index (κ3) is 4.23. The molecule has 2 N–H and O–H groups in total. The molecule has 3 atom stereocenters. The Labute approximate surface area is 162 Å². The van der Waals surface area contributed by atoms with E-state index in [9.17, 15) is 4.79 Å². The molecule has 3 unspecified atom stereocenters. The molecule has 0 saturated carbocycles. The molecule has 2 aliphatic heterocycles. The Bertz CT molecular complexity index is 657. The van der Waals surface area contributed by atoms with Crippen LogP contribution in [0, 0.1) is 11.8 Å². The Hall–Kier alpha value is -1.75. The zero-order chi connectivity index (χ0) is 18.6. The monoisotopic (exact) mass is 371 g/mol. The number of fused-ring (bicyclic) bond motifs is 1. The fourth-order valence-corrected chi connectivity index (χ4v) is 5.21. The first kappa shape index (κ1) is 18.6. The van der Waals surface area contributed by atoms with Crippen LogP contribution in [0.3, 0.4) is 0 Å². The smallest absolute Gasteiger partial charge is 0.317 e. The summed E-state index contributed by atoms with van der Waals surface area (Å²) in [5.74, 6) is 2.77. The molecule has 0 spiro atoms. The highest BCUT2D eigenvalue weighted by atomic mass is 16.5. The second kappa shape index (κ2) is 8.51. The van der Waals surface area contributed by atoms with Crippen LogP contribution in [0.25, 0.3) is 0 Å². The lowest BCUT2D eigenvalue weighted by atomic mass is 9.82. The minimum atomic E-state index is 0.131. The molecular formula is C22H33N3O2. The number of aryl methyl sites for hydroxylation is 1. The predicted octanol–water partition coefficient (Wildman–Crippen LogP) is 3.15. The largest absolute Gasteiger partial charge is 0.497 e. The Morgan fingerprint density at radius 1 is 1.26 bits per heavy atom. The average Bonchev–Trinajstić information content (AvgIpc) is 3.26. The summed E-state index contributed by atoms with van der Waals surface area (Å²) >= 11 is 0. The number of rotatable bonds is 4. The second-order valence-corrected chi connectivity index (χ2v) is 8.44. The molecule has 3 aliphatic rings. The molecule has 4 rings (SSSR count). The van der Waals surface area contributed by atoms with Crippen LogP contribution in [-0.4, -0.2) is 50.8 Å². The van der Waals surface area contributed by atoms with E-state index in [0.717, 1.165) is 63.7 Å². The summed E-state index contributed by atoms with van der Waals surface area (Å²) < 4.78 is 5.36. The quantitative estimate of drug-likeness (QED) is 0.855. The number of nitrogens with zero attached hydrogens (tertiary/aromatic N) is 1. The maximum atomic E-state index is 12.8. The van der Waals surface area contributed by atoms with Gasteiger partial charge in [-0.15, -0.1) is 0 Å². The predicted molar refractivity (Wildman–Crippen MR) is 107 cm³/mol. The zero-order valence-corrected chi connectivity index (χ0v) is 16.5. The Morgan fingerprint density at radius 3 is 3.00 bits per heavy atom. The first-order valence-corrected chi connectivity index (χ1v) is 10.6. The third-order valence-corrected chi connectivity index (χ3v) is 6.80. The fraction of sp³-hybridized carbons (Fsp3) is 0.682. The number of ether oxygens (including phenoxy) is 1. The van der Waals surface area contributed by atoms with Crippen LogP contribution in [-0.2, 0) is 6.42 Å². The maximum Gasteiger partial charge on any atom is 0.317 e. The van der Waals surface area contributed by atoms with E-state index in [1.807, 2.05) is 6.07 Å². The topological polar surface area (TPSA) is 53.6 Å². The number of hydrogen-bond donors (Lipinski definition) is 2. The molecule has 5 heteroatoms. The Balaban J connectivity index is 1.33. The standard InChI is InChI=1S/C22H33N3O2/c1-27-20-7-8-21-16(12-20)4-2-5-18(21)14-24-22(26)25-11-3-6-19(15-25)17-9-10-23-13-17/h7-8,12,17-19,23H,2-6,9-11,13-15H2,1H3,(H,24,26). The lowest BCUT2D eigenvalue weighted by Gasteiger charge is -2.36. The molecule has 0 bridgehead atoms. The third-order valence-electron chi connectivity index (χ3n) is 6.80. The van der Waals surface area contributed by atoms with Gasteiger partial charge in [0.2, 0.25) is 0 Å². The van der Waals surface area contributed by atoms with Crippen molar-refractivity contribution in [1.82, 2.24) is 15.5 Å². The van der Waals surface area contributed by atoms with Crippen LogP contribution in [0.15, 0.2) is 18.2 Å². The lowest BCUT2D eigenvalue weighted by Crippen LogP contribution is -2.48. The molecule has 1 aromatic carbocycles. The van der Waals surface area contributed by atoms with Gasteiger partial charge in [-0.25, -0.2) is 4.79 Å². The van der Waals surface area contributed by atoms with Crippen LogP contribution >= 0.6 is 0 Å². The van der Waals surface area contributed by atoms with Gasteiger partial charge >= 0.3 is 6.03 Å². The average molecular weight is 372 g/mol. The molecule has 2 amide bonds. The summed E-state index contributed by atoms with van der Waals surface area (Å²) in [6, 6.07) is 6.53. The molecule has 148 valence electrons. The summed E-state index contributed by atoms with van der Waals surface area (Å²) in [4.78, 5) is 14.9. The molecule has 2 fully saturated rings. The van der Waals surface area contributed by atoms with Crippen molar-refractivity contribution < 1.29 is 9.53 Å². The van der Waals surface area contributed by atoms with E-state index in [-0.39, 0.29) is 6.03 Å². The van der Waals surface area contributed by atoms with Crippen molar-refractivity contribution in [3.63, 3.8) is 0 Å². The van der Waals surface area contributed by atoms with Crippen LogP contribution in [0.1, 0.15) is 49.1 Å². The molecule has 1 aliphatic carbocycles. The van der Waals surface area contributed by atoms with Crippen molar-refractivity contribution in [1.29, 1.82) is 0 Å². The van der Waals surface area contributed by atoms with Crippen molar-refractivity contribution in [2.75, 3.05) is 39.8 Å². The van der Waals surface area contributed by atoms with Gasteiger partial charge in [0.25, 0.3) is 0 Å². The summed E-state index contributed by atoms with van der Waals surface area (Å²) in [5.41, 5.74) is 2.77. The van der Waals surface area contributed by atoms with E-state index in [1.165, 1.54) is 30.4 Å². The maximum absolute atomic E-state index is 12.8. The first-order chi connectivity index (χ1) is 13.2. The minimum Gasteiger partial charge on any atom is -0.497 e. The molecule has 27 heavy (non-hydrogen) atoms. The van der Waals surface area contributed by atoms with Gasteiger partial charge < -0.3 is 20.3 Å². The number of urea groups is 1. The summed E-state index contributed by atoms with van der Waals surface area (Å²) in [6.07, 6.45) is 7.12. The number of benzene rings is 1. The van der Waals surface area contributed by atoms with Crippen molar-refractivity contribution in [2.24, 2.45) is 11.8 Å².